The van der Waals surface area contributed by atoms with Gasteiger partial charge in [-0.3, -0.25) is 9.59 Å². The monoisotopic (exact) mass is 350 g/mol. The summed E-state index contributed by atoms with van der Waals surface area (Å²) in [5.74, 6) is 0.420. The SMILES string of the molecule is CCCCC(CC)COC(=O)CCC(=O)Oc1cc(C)ccc1OC. The van der Waals surface area contributed by atoms with Gasteiger partial charge in [0.05, 0.1) is 26.6 Å². The van der Waals surface area contributed by atoms with Gasteiger partial charge in [-0.05, 0) is 37.0 Å². The summed E-state index contributed by atoms with van der Waals surface area (Å²) in [6.07, 6.45) is 4.34. The standard InChI is InChI=1S/C20H30O5/c1-5-7-8-16(6-2)14-24-19(21)11-12-20(22)25-18-13-15(3)9-10-17(18)23-4/h9-10,13,16H,5-8,11-12,14H2,1-4H3. The van der Waals surface area contributed by atoms with Gasteiger partial charge in [-0.25, -0.2) is 0 Å². The number of esters is 2. The molecule has 0 aliphatic heterocycles. The lowest BCUT2D eigenvalue weighted by Gasteiger charge is -2.14. The first-order valence-corrected chi connectivity index (χ1v) is 9.01. The van der Waals surface area contributed by atoms with E-state index in [9.17, 15) is 9.59 Å². The van der Waals surface area contributed by atoms with Gasteiger partial charge in [-0.2, -0.15) is 0 Å². The number of hydrogen-bond acceptors (Lipinski definition) is 5. The van der Waals surface area contributed by atoms with Crippen molar-refractivity contribution < 1.29 is 23.8 Å². The van der Waals surface area contributed by atoms with Crippen molar-refractivity contribution in [3.8, 4) is 11.5 Å². The number of rotatable bonds is 11. The molecule has 0 aliphatic rings. The summed E-state index contributed by atoms with van der Waals surface area (Å²) in [5.41, 5.74) is 0.959. The molecule has 5 heteroatoms. The largest absolute Gasteiger partial charge is 0.493 e. The molecule has 0 amide bonds. The van der Waals surface area contributed by atoms with Crippen molar-refractivity contribution in [2.45, 2.75) is 59.3 Å². The lowest BCUT2D eigenvalue weighted by atomic mass is 10.0. The number of unbranched alkanes of at least 4 members (excludes halogenated alkanes) is 1. The Balaban J connectivity index is 2.38. The second-order valence-corrected chi connectivity index (χ2v) is 6.23. The number of carbonyl (C=O) groups is 2. The highest BCUT2D eigenvalue weighted by Crippen LogP contribution is 2.28. The summed E-state index contributed by atoms with van der Waals surface area (Å²) in [5, 5.41) is 0. The Kier molecular flexibility index (Phi) is 9.66. The molecule has 1 atom stereocenters. The van der Waals surface area contributed by atoms with Crippen molar-refractivity contribution in [1.29, 1.82) is 0 Å². The average molecular weight is 350 g/mol. The number of aryl methyl sites for hydroxylation is 1. The van der Waals surface area contributed by atoms with Crippen molar-refractivity contribution in [1.82, 2.24) is 0 Å². The Morgan fingerprint density at radius 3 is 2.44 bits per heavy atom. The van der Waals surface area contributed by atoms with Gasteiger partial charge in [0.1, 0.15) is 0 Å². The third kappa shape index (κ3) is 8.05. The van der Waals surface area contributed by atoms with Gasteiger partial charge in [0.2, 0.25) is 0 Å². The number of methoxy groups -OCH3 is 1. The van der Waals surface area contributed by atoms with E-state index in [-0.39, 0.29) is 18.8 Å². The van der Waals surface area contributed by atoms with Crippen LogP contribution in [0.2, 0.25) is 0 Å². The molecule has 0 fully saturated rings. The summed E-state index contributed by atoms with van der Waals surface area (Å²) in [6.45, 7) is 6.57. The zero-order valence-corrected chi connectivity index (χ0v) is 15.8. The summed E-state index contributed by atoms with van der Waals surface area (Å²) in [4.78, 5) is 23.8. The maximum Gasteiger partial charge on any atom is 0.311 e. The highest BCUT2D eigenvalue weighted by molar-refractivity contribution is 5.79. The van der Waals surface area contributed by atoms with Crippen molar-refractivity contribution >= 4 is 11.9 Å². The molecule has 0 saturated heterocycles. The van der Waals surface area contributed by atoms with Crippen LogP contribution in [0.4, 0.5) is 0 Å². The fourth-order valence-corrected chi connectivity index (χ4v) is 2.42. The van der Waals surface area contributed by atoms with Crippen LogP contribution in [0.1, 0.15) is 57.9 Å². The molecule has 0 radical (unpaired) electrons. The molecule has 0 spiro atoms. The Bertz CT molecular complexity index is 553. The van der Waals surface area contributed by atoms with Crippen LogP contribution in [-0.2, 0) is 14.3 Å². The van der Waals surface area contributed by atoms with Crippen molar-refractivity contribution in [3.63, 3.8) is 0 Å². The zero-order valence-electron chi connectivity index (χ0n) is 15.8. The van der Waals surface area contributed by atoms with Gasteiger partial charge in [0.25, 0.3) is 0 Å². The third-order valence-electron chi connectivity index (χ3n) is 4.10. The van der Waals surface area contributed by atoms with Crippen LogP contribution in [0.15, 0.2) is 18.2 Å². The van der Waals surface area contributed by atoms with Crippen LogP contribution in [0, 0.1) is 12.8 Å². The van der Waals surface area contributed by atoms with E-state index in [4.69, 9.17) is 14.2 Å². The molecule has 0 N–H and O–H groups in total. The molecule has 1 aromatic rings. The van der Waals surface area contributed by atoms with Gasteiger partial charge in [0, 0.05) is 0 Å². The van der Waals surface area contributed by atoms with Gasteiger partial charge >= 0.3 is 11.9 Å². The van der Waals surface area contributed by atoms with E-state index >= 15 is 0 Å². The molecule has 140 valence electrons. The molecule has 1 aromatic carbocycles. The molecule has 1 unspecified atom stereocenters. The molecule has 1 rings (SSSR count). The topological polar surface area (TPSA) is 61.8 Å². The first kappa shape index (κ1) is 21.0. The molecule has 5 nitrogen and oxygen atoms in total. The first-order valence-electron chi connectivity index (χ1n) is 9.01. The van der Waals surface area contributed by atoms with Crippen molar-refractivity contribution in [3.05, 3.63) is 23.8 Å². The van der Waals surface area contributed by atoms with Crippen molar-refractivity contribution in [2.24, 2.45) is 5.92 Å². The van der Waals surface area contributed by atoms with E-state index in [1.165, 1.54) is 7.11 Å². The van der Waals surface area contributed by atoms with E-state index in [2.05, 4.69) is 13.8 Å². The molecule has 0 aromatic heterocycles. The smallest absolute Gasteiger partial charge is 0.311 e. The molecule has 25 heavy (non-hydrogen) atoms. The minimum Gasteiger partial charge on any atom is -0.493 e. The lowest BCUT2D eigenvalue weighted by molar-refractivity contribution is -0.148. The Morgan fingerprint density at radius 1 is 1.08 bits per heavy atom. The summed E-state index contributed by atoms with van der Waals surface area (Å²) < 4.78 is 15.7. The van der Waals surface area contributed by atoms with Crippen LogP contribution in [0.25, 0.3) is 0 Å². The second-order valence-electron chi connectivity index (χ2n) is 6.23. The minimum atomic E-state index is -0.473. The average Bonchev–Trinajstić information content (AvgIpc) is 2.60. The number of ether oxygens (including phenoxy) is 3. The number of carbonyl (C=O) groups excluding carboxylic acids is 2. The Hall–Kier alpha value is -2.04. The molecule has 0 bridgehead atoms. The molecular weight excluding hydrogens is 320 g/mol. The van der Waals surface area contributed by atoms with E-state index < -0.39 is 5.97 Å². The summed E-state index contributed by atoms with van der Waals surface area (Å²) in [7, 11) is 1.52. The van der Waals surface area contributed by atoms with Crippen LogP contribution in [0.3, 0.4) is 0 Å². The van der Waals surface area contributed by atoms with E-state index in [1.54, 1.807) is 12.1 Å². The zero-order chi connectivity index (χ0) is 18.7. The fourth-order valence-electron chi connectivity index (χ4n) is 2.42. The maximum absolute atomic E-state index is 11.9. The first-order chi connectivity index (χ1) is 12.0. The van der Waals surface area contributed by atoms with Crippen LogP contribution < -0.4 is 9.47 Å². The number of hydrogen-bond donors (Lipinski definition) is 0. The highest BCUT2D eigenvalue weighted by Gasteiger charge is 2.14. The Labute approximate surface area is 150 Å². The van der Waals surface area contributed by atoms with E-state index in [0.29, 0.717) is 24.0 Å². The quantitative estimate of drug-likeness (QED) is 0.436. The second kappa shape index (κ2) is 11.5. The predicted octanol–water partition coefficient (Wildman–Crippen LogP) is 4.45. The lowest BCUT2D eigenvalue weighted by Crippen LogP contribution is -2.16. The van der Waals surface area contributed by atoms with E-state index in [1.807, 2.05) is 13.0 Å². The third-order valence-corrected chi connectivity index (χ3v) is 4.10. The predicted molar refractivity (Wildman–Crippen MR) is 96.9 cm³/mol. The summed E-state index contributed by atoms with van der Waals surface area (Å²) in [6, 6.07) is 5.35. The normalized spacial score (nSPS) is 11.7. The maximum atomic E-state index is 11.9. The molecule has 0 aliphatic carbocycles. The fraction of sp³-hybridized carbons (Fsp3) is 0.600. The van der Waals surface area contributed by atoms with Gasteiger partial charge in [-0.15, -0.1) is 0 Å². The van der Waals surface area contributed by atoms with Crippen molar-refractivity contribution in [2.75, 3.05) is 13.7 Å². The molecule has 0 saturated carbocycles. The Morgan fingerprint density at radius 2 is 1.80 bits per heavy atom. The van der Waals surface area contributed by atoms with Gasteiger partial charge in [0.15, 0.2) is 11.5 Å². The van der Waals surface area contributed by atoms with Crippen LogP contribution in [0.5, 0.6) is 11.5 Å². The van der Waals surface area contributed by atoms with E-state index in [0.717, 1.165) is 31.2 Å². The molecule has 0 heterocycles. The highest BCUT2D eigenvalue weighted by atomic mass is 16.6. The minimum absolute atomic E-state index is 0.0122. The van der Waals surface area contributed by atoms with Crippen LogP contribution in [-0.4, -0.2) is 25.7 Å². The van der Waals surface area contributed by atoms with Gasteiger partial charge < -0.3 is 14.2 Å². The number of benzene rings is 1. The molecular formula is C20H30O5. The van der Waals surface area contributed by atoms with Crippen LogP contribution >= 0.6 is 0 Å². The van der Waals surface area contributed by atoms with Gasteiger partial charge in [-0.1, -0.05) is 39.2 Å². The summed E-state index contributed by atoms with van der Waals surface area (Å²) >= 11 is 0.